The van der Waals surface area contributed by atoms with Crippen LogP contribution in [0, 0.1) is 16.0 Å². The molecule has 2 rings (SSSR count). The van der Waals surface area contributed by atoms with Crippen LogP contribution in [0.2, 0.25) is 0 Å². The number of methoxy groups -OCH3 is 1. The molecule has 0 radical (unpaired) electrons. The summed E-state index contributed by atoms with van der Waals surface area (Å²) < 4.78 is 10.4. The number of nitro benzene ring substituents is 1. The number of hydrogen-bond donors (Lipinski definition) is 0. The molecular weight excluding hydrogens is 250 g/mol. The van der Waals surface area contributed by atoms with E-state index in [9.17, 15) is 14.9 Å². The molecule has 1 aliphatic heterocycles. The molecule has 100 valence electrons. The molecule has 0 saturated heterocycles. The zero-order valence-electron chi connectivity index (χ0n) is 10.5. The molecule has 0 fully saturated rings. The Morgan fingerprint density at radius 3 is 2.79 bits per heavy atom. The second-order valence-corrected chi connectivity index (χ2v) is 4.25. The average molecular weight is 263 g/mol. The first-order chi connectivity index (χ1) is 9.02. The molecule has 2 atom stereocenters. The second-order valence-electron chi connectivity index (χ2n) is 4.25. The molecular formula is C13H13NO5. The van der Waals surface area contributed by atoms with E-state index in [1.54, 1.807) is 12.1 Å². The summed E-state index contributed by atoms with van der Waals surface area (Å²) in [5, 5.41) is 10.8. The van der Waals surface area contributed by atoms with Crippen LogP contribution in [0.4, 0.5) is 5.69 Å². The predicted octanol–water partition coefficient (Wildman–Crippen LogP) is 2.36. The molecule has 1 aliphatic rings. The van der Waals surface area contributed by atoms with E-state index in [0.29, 0.717) is 11.3 Å². The highest BCUT2D eigenvalue weighted by Crippen LogP contribution is 2.35. The highest BCUT2D eigenvalue weighted by Gasteiger charge is 2.32. The van der Waals surface area contributed by atoms with E-state index in [-0.39, 0.29) is 11.6 Å². The minimum Gasteiger partial charge on any atom is -0.500 e. The first-order valence-electron chi connectivity index (χ1n) is 5.73. The summed E-state index contributed by atoms with van der Waals surface area (Å²) in [7, 11) is 1.48. The van der Waals surface area contributed by atoms with Crippen molar-refractivity contribution in [2.24, 2.45) is 5.92 Å². The van der Waals surface area contributed by atoms with Gasteiger partial charge < -0.3 is 9.47 Å². The Labute approximate surface area is 109 Å². The number of nitro groups is 1. The van der Waals surface area contributed by atoms with Crippen molar-refractivity contribution in [1.82, 2.24) is 0 Å². The van der Waals surface area contributed by atoms with Crippen LogP contribution < -0.4 is 0 Å². The van der Waals surface area contributed by atoms with Crippen molar-refractivity contribution in [2.75, 3.05) is 7.11 Å². The first-order valence-corrected chi connectivity index (χ1v) is 5.73. The van der Waals surface area contributed by atoms with Gasteiger partial charge in [-0.1, -0.05) is 19.1 Å². The summed E-state index contributed by atoms with van der Waals surface area (Å²) in [5.74, 6) is -0.191. The highest BCUT2D eigenvalue weighted by atomic mass is 16.6. The summed E-state index contributed by atoms with van der Waals surface area (Å²) in [5.41, 5.74) is 0.548. The van der Waals surface area contributed by atoms with Crippen molar-refractivity contribution in [3.05, 3.63) is 51.8 Å². The largest absolute Gasteiger partial charge is 0.500 e. The molecule has 0 spiro atoms. The smallest absolute Gasteiger partial charge is 0.334 e. The zero-order valence-corrected chi connectivity index (χ0v) is 10.5. The fourth-order valence-corrected chi connectivity index (χ4v) is 2.07. The Morgan fingerprint density at radius 2 is 2.16 bits per heavy atom. The third kappa shape index (κ3) is 2.57. The van der Waals surface area contributed by atoms with Crippen molar-refractivity contribution in [3.8, 4) is 0 Å². The van der Waals surface area contributed by atoms with Crippen molar-refractivity contribution in [3.63, 3.8) is 0 Å². The lowest BCUT2D eigenvalue weighted by atomic mass is 9.93. The van der Waals surface area contributed by atoms with Crippen molar-refractivity contribution in [2.45, 2.75) is 13.0 Å². The summed E-state index contributed by atoms with van der Waals surface area (Å²) in [6.07, 6.45) is 0.714. The molecule has 6 nitrogen and oxygen atoms in total. The summed E-state index contributed by atoms with van der Waals surface area (Å²) in [4.78, 5) is 21.8. The van der Waals surface area contributed by atoms with E-state index < -0.39 is 17.0 Å². The Hall–Kier alpha value is -2.37. The number of cyclic esters (lactones) is 1. The maximum Gasteiger partial charge on any atom is 0.334 e. The van der Waals surface area contributed by atoms with Crippen molar-refractivity contribution >= 4 is 11.7 Å². The Morgan fingerprint density at radius 1 is 1.42 bits per heavy atom. The highest BCUT2D eigenvalue weighted by molar-refractivity contribution is 5.83. The van der Waals surface area contributed by atoms with E-state index in [4.69, 9.17) is 9.47 Å². The van der Waals surface area contributed by atoms with Crippen LogP contribution in [-0.4, -0.2) is 18.0 Å². The number of rotatable bonds is 3. The summed E-state index contributed by atoms with van der Waals surface area (Å²) >= 11 is 0. The second kappa shape index (κ2) is 5.09. The minimum atomic E-state index is -0.577. The number of carbonyl (C=O) groups is 1. The molecule has 0 bridgehead atoms. The molecule has 1 heterocycles. The van der Waals surface area contributed by atoms with Gasteiger partial charge in [0.1, 0.15) is 11.9 Å². The Balaban J connectivity index is 2.36. The fraction of sp³-hybridized carbons (Fsp3) is 0.308. The number of hydrogen-bond acceptors (Lipinski definition) is 5. The van der Waals surface area contributed by atoms with Gasteiger partial charge in [-0.15, -0.1) is 0 Å². The van der Waals surface area contributed by atoms with E-state index in [2.05, 4.69) is 0 Å². The van der Waals surface area contributed by atoms with Crippen LogP contribution in [-0.2, 0) is 14.3 Å². The number of nitrogens with zero attached hydrogens (tertiary/aromatic N) is 1. The normalized spacial score (nSPS) is 22.4. The topological polar surface area (TPSA) is 78.7 Å². The minimum absolute atomic E-state index is 0.0331. The third-order valence-corrected chi connectivity index (χ3v) is 3.05. The molecule has 0 unspecified atom stereocenters. The van der Waals surface area contributed by atoms with Crippen molar-refractivity contribution in [1.29, 1.82) is 0 Å². The first kappa shape index (κ1) is 13.1. The predicted molar refractivity (Wildman–Crippen MR) is 66.2 cm³/mol. The van der Waals surface area contributed by atoms with Gasteiger partial charge in [0.25, 0.3) is 5.69 Å². The van der Waals surface area contributed by atoms with Gasteiger partial charge >= 0.3 is 5.97 Å². The quantitative estimate of drug-likeness (QED) is 0.475. The molecule has 19 heavy (non-hydrogen) atoms. The number of ether oxygens (including phenoxy) is 2. The lowest BCUT2D eigenvalue weighted by Gasteiger charge is -2.28. The molecule has 6 heteroatoms. The molecule has 0 N–H and O–H groups in total. The standard InChI is InChI=1S/C13H13NO5/c1-8-11(18-2)7-12(15)19-13(8)9-4-3-5-10(6-9)14(16)17/h3-8,13H,1-2H3/t8-,13-/m0/s1. The van der Waals surface area contributed by atoms with Crippen LogP contribution in [0.3, 0.4) is 0 Å². The van der Waals surface area contributed by atoms with Gasteiger partial charge in [-0.2, -0.15) is 0 Å². The molecule has 0 amide bonds. The van der Waals surface area contributed by atoms with Crippen LogP contribution in [0.5, 0.6) is 0 Å². The molecule has 1 aromatic rings. The van der Waals surface area contributed by atoms with E-state index in [0.717, 1.165) is 0 Å². The molecule has 0 aromatic heterocycles. The SMILES string of the molecule is COC1=CC(=O)O[C@H](c2cccc([N+](=O)[O-])c2)[C@H]1C. The van der Waals surface area contributed by atoms with Crippen LogP contribution in [0.15, 0.2) is 36.1 Å². The molecule has 1 aromatic carbocycles. The van der Waals surface area contributed by atoms with Gasteiger partial charge in [-0.25, -0.2) is 4.79 Å². The number of benzene rings is 1. The van der Waals surface area contributed by atoms with Gasteiger partial charge in [-0.3, -0.25) is 10.1 Å². The lowest BCUT2D eigenvalue weighted by Crippen LogP contribution is -2.24. The summed E-state index contributed by atoms with van der Waals surface area (Å²) in [6, 6.07) is 6.07. The third-order valence-electron chi connectivity index (χ3n) is 3.05. The monoisotopic (exact) mass is 263 g/mol. The Bertz CT molecular complexity index is 552. The Kier molecular flexibility index (Phi) is 3.50. The average Bonchev–Trinajstić information content (AvgIpc) is 2.41. The maximum absolute atomic E-state index is 11.5. The van der Waals surface area contributed by atoms with Crippen LogP contribution in [0.1, 0.15) is 18.6 Å². The van der Waals surface area contributed by atoms with E-state index in [1.807, 2.05) is 6.92 Å². The maximum atomic E-state index is 11.5. The summed E-state index contributed by atoms with van der Waals surface area (Å²) in [6.45, 7) is 1.84. The number of esters is 1. The van der Waals surface area contributed by atoms with E-state index >= 15 is 0 Å². The van der Waals surface area contributed by atoms with Crippen LogP contribution >= 0.6 is 0 Å². The van der Waals surface area contributed by atoms with Gasteiger partial charge in [0.2, 0.25) is 0 Å². The molecule has 0 saturated carbocycles. The van der Waals surface area contributed by atoms with Gasteiger partial charge in [0.15, 0.2) is 0 Å². The van der Waals surface area contributed by atoms with Crippen molar-refractivity contribution < 1.29 is 19.2 Å². The number of non-ortho nitro benzene ring substituents is 1. The van der Waals surface area contributed by atoms with E-state index in [1.165, 1.54) is 25.3 Å². The lowest BCUT2D eigenvalue weighted by molar-refractivity contribution is -0.385. The van der Waals surface area contributed by atoms with Gasteiger partial charge in [-0.05, 0) is 5.56 Å². The fourth-order valence-electron chi connectivity index (χ4n) is 2.07. The van der Waals surface area contributed by atoms with Crippen LogP contribution in [0.25, 0.3) is 0 Å². The van der Waals surface area contributed by atoms with Gasteiger partial charge in [0, 0.05) is 12.1 Å². The van der Waals surface area contributed by atoms with Gasteiger partial charge in [0.05, 0.1) is 24.0 Å². The zero-order chi connectivity index (χ0) is 14.0. The molecule has 0 aliphatic carbocycles. The number of carbonyl (C=O) groups excluding carboxylic acids is 1.